The van der Waals surface area contributed by atoms with Crippen LogP contribution in [0.25, 0.3) is 39.3 Å². The maximum absolute atomic E-state index is 4.96. The van der Waals surface area contributed by atoms with E-state index in [1.165, 1.54) is 0 Å². The molecule has 5 aromatic rings. The third-order valence-corrected chi connectivity index (χ3v) is 5.73. The number of aromatic nitrogens is 6. The van der Waals surface area contributed by atoms with Crippen molar-refractivity contribution >= 4 is 22.3 Å². The molecule has 0 aliphatic carbocycles. The Morgan fingerprint density at radius 3 is 2.66 bits per heavy atom. The second kappa shape index (κ2) is 9.38. The van der Waals surface area contributed by atoms with E-state index in [1.54, 1.807) is 18.5 Å². The highest BCUT2D eigenvalue weighted by Gasteiger charge is 2.17. The van der Waals surface area contributed by atoms with Crippen molar-refractivity contribution in [1.29, 1.82) is 0 Å². The van der Waals surface area contributed by atoms with E-state index in [2.05, 4.69) is 69.9 Å². The normalized spacial score (nSPS) is 11.8. The van der Waals surface area contributed by atoms with Crippen LogP contribution in [0.3, 0.4) is 0 Å². The van der Waals surface area contributed by atoms with Gasteiger partial charge < -0.3 is 10.3 Å². The minimum Gasteiger partial charge on any atom is -0.382 e. The highest BCUT2D eigenvalue weighted by Crippen LogP contribution is 2.33. The Hall–Kier alpha value is -4.52. The van der Waals surface area contributed by atoms with E-state index in [9.17, 15) is 0 Å². The molecule has 3 N–H and O–H groups in total. The lowest BCUT2D eigenvalue weighted by Crippen LogP contribution is -2.09. The van der Waals surface area contributed by atoms with Gasteiger partial charge in [-0.2, -0.15) is 5.10 Å². The Bertz CT molecular complexity index is 1520. The summed E-state index contributed by atoms with van der Waals surface area (Å²) >= 11 is 0. The van der Waals surface area contributed by atoms with Crippen LogP contribution in [0.4, 0.5) is 5.69 Å². The molecule has 5 aromatic heterocycles. The van der Waals surface area contributed by atoms with Gasteiger partial charge in [-0.1, -0.05) is 18.7 Å². The lowest BCUT2D eigenvalue weighted by atomic mass is 9.98. The summed E-state index contributed by atoms with van der Waals surface area (Å²) < 4.78 is 0. The fraction of sp³-hybridized carbons (Fsp3) is 0.143. The summed E-state index contributed by atoms with van der Waals surface area (Å²) in [6.45, 7) is 10.2. The number of fused-ring (bicyclic) bond motifs is 1. The first-order chi connectivity index (χ1) is 17.0. The second-order valence-corrected chi connectivity index (χ2v) is 8.70. The molecule has 174 valence electrons. The summed E-state index contributed by atoms with van der Waals surface area (Å²) in [6, 6.07) is 12.5. The Morgan fingerprint density at radius 1 is 1.06 bits per heavy atom. The first kappa shape index (κ1) is 22.3. The van der Waals surface area contributed by atoms with Gasteiger partial charge in [0.15, 0.2) is 0 Å². The third kappa shape index (κ3) is 4.48. The number of nitrogens with one attached hydrogen (secondary N) is 3. The van der Waals surface area contributed by atoms with Crippen LogP contribution in [0.1, 0.15) is 30.7 Å². The Kier molecular flexibility index (Phi) is 5.97. The minimum atomic E-state index is 0.320. The topological polar surface area (TPSA) is 95.2 Å². The molecule has 0 aliphatic rings. The zero-order chi connectivity index (χ0) is 24.4. The van der Waals surface area contributed by atoms with Gasteiger partial charge in [-0.15, -0.1) is 0 Å². The van der Waals surface area contributed by atoms with Gasteiger partial charge in [0, 0.05) is 47.7 Å². The molecule has 0 fully saturated rings. The summed E-state index contributed by atoms with van der Waals surface area (Å²) in [7, 11) is 0. The maximum atomic E-state index is 4.96. The standard InChI is InChI=1S/C28H27N7/c1-5-6-22(19-9-11-29-12-10-19)23-14-26(32-18(23)4)28-27-25(34-35-28)8-7-24(33-27)20-13-21(16-30-15-20)31-17(2)3/h5-17,31-32H,1H2,2-4H3,(H,34,35)/b22-6-. The van der Waals surface area contributed by atoms with Crippen LogP contribution < -0.4 is 5.32 Å². The molecule has 0 bridgehead atoms. The van der Waals surface area contributed by atoms with Gasteiger partial charge in [-0.25, -0.2) is 4.98 Å². The molecule has 0 aromatic carbocycles. The van der Waals surface area contributed by atoms with Gasteiger partial charge in [0.2, 0.25) is 0 Å². The van der Waals surface area contributed by atoms with Gasteiger partial charge >= 0.3 is 0 Å². The van der Waals surface area contributed by atoms with Crippen LogP contribution in [-0.2, 0) is 0 Å². The van der Waals surface area contributed by atoms with Crippen LogP contribution in [0.15, 0.2) is 79.9 Å². The molecule has 7 nitrogen and oxygen atoms in total. The highest BCUT2D eigenvalue weighted by atomic mass is 15.1. The molecule has 5 rings (SSSR count). The summed E-state index contributed by atoms with van der Waals surface area (Å²) in [6.07, 6.45) is 11.1. The number of rotatable bonds is 7. The molecule has 5 heterocycles. The van der Waals surface area contributed by atoms with E-state index >= 15 is 0 Å². The average Bonchev–Trinajstić information content (AvgIpc) is 3.45. The maximum Gasteiger partial charge on any atom is 0.135 e. The van der Waals surface area contributed by atoms with Crippen molar-refractivity contribution in [3.8, 4) is 22.6 Å². The molecule has 0 unspecified atom stereocenters. The minimum absolute atomic E-state index is 0.320. The van der Waals surface area contributed by atoms with Crippen LogP contribution >= 0.6 is 0 Å². The molecule has 0 aliphatic heterocycles. The van der Waals surface area contributed by atoms with Crippen LogP contribution in [0.5, 0.6) is 0 Å². The van der Waals surface area contributed by atoms with E-state index in [0.717, 1.165) is 61.8 Å². The molecule has 35 heavy (non-hydrogen) atoms. The predicted molar refractivity (Wildman–Crippen MR) is 142 cm³/mol. The SMILES string of the molecule is C=C/C=C(/c1ccncc1)c1cc(-c2n[nH]c3ccc(-c4cncc(NC(C)C)c4)nc23)[nH]c1C. The molecule has 0 amide bonds. The molecule has 0 radical (unpaired) electrons. The van der Waals surface area contributed by atoms with E-state index in [-0.39, 0.29) is 0 Å². The monoisotopic (exact) mass is 461 g/mol. The summed E-state index contributed by atoms with van der Waals surface area (Å²) in [4.78, 5) is 17.0. The van der Waals surface area contributed by atoms with Crippen LogP contribution in [0, 0.1) is 6.92 Å². The predicted octanol–water partition coefficient (Wildman–Crippen LogP) is 6.16. The number of hydrogen-bond acceptors (Lipinski definition) is 5. The highest BCUT2D eigenvalue weighted by molar-refractivity contribution is 5.92. The zero-order valence-corrected chi connectivity index (χ0v) is 20.0. The molecular weight excluding hydrogens is 434 g/mol. The fourth-order valence-corrected chi connectivity index (χ4v) is 4.20. The Morgan fingerprint density at radius 2 is 1.89 bits per heavy atom. The van der Waals surface area contributed by atoms with E-state index < -0.39 is 0 Å². The van der Waals surface area contributed by atoms with Gasteiger partial charge in [-0.05, 0) is 68.3 Å². The second-order valence-electron chi connectivity index (χ2n) is 8.70. The quantitative estimate of drug-likeness (QED) is 0.252. The van der Waals surface area contributed by atoms with E-state index in [4.69, 9.17) is 4.98 Å². The number of nitrogens with zero attached hydrogens (tertiary/aromatic N) is 4. The lowest BCUT2D eigenvalue weighted by molar-refractivity contribution is 0.898. The molecule has 0 spiro atoms. The Balaban J connectivity index is 1.57. The van der Waals surface area contributed by atoms with Crippen molar-refractivity contribution in [3.63, 3.8) is 0 Å². The number of hydrogen-bond donors (Lipinski definition) is 3. The van der Waals surface area contributed by atoms with Crippen molar-refractivity contribution in [1.82, 2.24) is 30.1 Å². The van der Waals surface area contributed by atoms with Crippen molar-refractivity contribution in [2.75, 3.05) is 5.32 Å². The van der Waals surface area contributed by atoms with Gasteiger partial charge in [0.1, 0.15) is 11.2 Å². The van der Waals surface area contributed by atoms with E-state index in [1.807, 2.05) is 42.7 Å². The fourth-order valence-electron chi connectivity index (χ4n) is 4.20. The van der Waals surface area contributed by atoms with Crippen LogP contribution in [-0.4, -0.2) is 36.2 Å². The van der Waals surface area contributed by atoms with Crippen molar-refractivity contribution < 1.29 is 0 Å². The van der Waals surface area contributed by atoms with Gasteiger partial charge in [0.25, 0.3) is 0 Å². The molecular formula is C28H27N7. The lowest BCUT2D eigenvalue weighted by Gasteiger charge is -2.10. The summed E-state index contributed by atoms with van der Waals surface area (Å²) in [5.41, 5.74) is 10.3. The summed E-state index contributed by atoms with van der Waals surface area (Å²) in [5, 5.41) is 11.1. The molecule has 0 saturated heterocycles. The average molecular weight is 462 g/mol. The smallest absolute Gasteiger partial charge is 0.135 e. The first-order valence-corrected chi connectivity index (χ1v) is 11.5. The van der Waals surface area contributed by atoms with Crippen molar-refractivity contribution in [3.05, 3.63) is 96.7 Å². The number of aromatic amines is 2. The largest absolute Gasteiger partial charge is 0.382 e. The van der Waals surface area contributed by atoms with Gasteiger partial charge in [0.05, 0.1) is 22.6 Å². The molecule has 0 saturated carbocycles. The first-order valence-electron chi connectivity index (χ1n) is 11.5. The molecule has 7 heteroatoms. The van der Waals surface area contributed by atoms with Crippen molar-refractivity contribution in [2.24, 2.45) is 0 Å². The van der Waals surface area contributed by atoms with Gasteiger partial charge in [-0.3, -0.25) is 15.1 Å². The third-order valence-electron chi connectivity index (χ3n) is 5.73. The number of pyridine rings is 3. The van der Waals surface area contributed by atoms with Crippen LogP contribution in [0.2, 0.25) is 0 Å². The number of H-pyrrole nitrogens is 2. The van der Waals surface area contributed by atoms with E-state index in [0.29, 0.717) is 6.04 Å². The Labute approximate surface area is 204 Å². The van der Waals surface area contributed by atoms with Crippen molar-refractivity contribution in [2.45, 2.75) is 26.8 Å². The molecule has 0 atom stereocenters. The number of anilines is 1. The number of aryl methyl sites for hydroxylation is 1. The number of allylic oxidation sites excluding steroid dienone is 2. The summed E-state index contributed by atoms with van der Waals surface area (Å²) in [5.74, 6) is 0. The zero-order valence-electron chi connectivity index (χ0n) is 20.0.